The topological polar surface area (TPSA) is 113 Å². The number of halogens is 2. The van der Waals surface area contributed by atoms with Crippen molar-refractivity contribution in [3.8, 4) is 0 Å². The SMILES string of the molecule is Cc1c(Cl)cccc1NS(=O)(=O)c1ccc(NC(=O)c2ccc(N(Cc3ccc(Cl)cc3)S(C)(=O)=O)cc2)cc1. The van der Waals surface area contributed by atoms with Gasteiger partial charge in [-0.2, -0.15) is 0 Å². The second-order valence-electron chi connectivity index (χ2n) is 8.94. The molecular weight excluding hydrogens is 593 g/mol. The maximum Gasteiger partial charge on any atom is 0.261 e. The predicted octanol–water partition coefficient (Wildman–Crippen LogP) is 6.32. The van der Waals surface area contributed by atoms with Crippen molar-refractivity contribution in [1.29, 1.82) is 0 Å². The van der Waals surface area contributed by atoms with Crippen molar-refractivity contribution in [2.24, 2.45) is 0 Å². The summed E-state index contributed by atoms with van der Waals surface area (Å²) in [6.07, 6.45) is 1.11. The molecule has 0 radical (unpaired) electrons. The van der Waals surface area contributed by atoms with Crippen LogP contribution >= 0.6 is 23.2 Å². The first-order valence-corrected chi connectivity index (χ1v) is 15.9. The number of carbonyl (C=O) groups is 1. The standard InChI is InChI=1S/C28H25Cl2N3O5S2/c1-19-26(30)4-3-5-27(19)32-40(37,38)25-16-12-23(13-17-25)31-28(34)21-8-14-24(15-9-21)33(39(2,35)36)18-20-6-10-22(29)11-7-20/h3-17,32H,18H2,1-2H3,(H,31,34). The van der Waals surface area contributed by atoms with E-state index in [1.807, 2.05) is 0 Å². The minimum absolute atomic E-state index is 0.00998. The summed E-state index contributed by atoms with van der Waals surface area (Å²) in [4.78, 5) is 12.8. The van der Waals surface area contributed by atoms with Gasteiger partial charge in [-0.15, -0.1) is 0 Å². The van der Waals surface area contributed by atoms with Crippen molar-refractivity contribution < 1.29 is 21.6 Å². The van der Waals surface area contributed by atoms with E-state index in [4.69, 9.17) is 23.2 Å². The molecule has 0 fully saturated rings. The smallest absolute Gasteiger partial charge is 0.261 e. The first-order chi connectivity index (χ1) is 18.8. The van der Waals surface area contributed by atoms with Gasteiger partial charge < -0.3 is 5.32 Å². The number of hydrogen-bond acceptors (Lipinski definition) is 5. The zero-order chi connectivity index (χ0) is 29.1. The second kappa shape index (κ2) is 11.9. The van der Waals surface area contributed by atoms with Gasteiger partial charge >= 0.3 is 0 Å². The molecule has 1 amide bonds. The fraction of sp³-hybridized carbons (Fsp3) is 0.107. The third-order valence-corrected chi connectivity index (χ3v) is 9.18. The molecule has 4 rings (SSSR count). The van der Waals surface area contributed by atoms with Crippen molar-refractivity contribution in [1.82, 2.24) is 0 Å². The lowest BCUT2D eigenvalue weighted by Gasteiger charge is -2.23. The van der Waals surface area contributed by atoms with Gasteiger partial charge in [-0.1, -0.05) is 41.4 Å². The van der Waals surface area contributed by atoms with Gasteiger partial charge in [-0.3, -0.25) is 13.8 Å². The lowest BCUT2D eigenvalue weighted by Crippen LogP contribution is -2.29. The fourth-order valence-electron chi connectivity index (χ4n) is 3.78. The third kappa shape index (κ3) is 7.14. The van der Waals surface area contributed by atoms with Crippen LogP contribution in [0.15, 0.2) is 95.9 Å². The summed E-state index contributed by atoms with van der Waals surface area (Å²) in [6, 6.07) is 23.6. The molecule has 40 heavy (non-hydrogen) atoms. The van der Waals surface area contributed by atoms with Crippen LogP contribution in [0.25, 0.3) is 0 Å². The summed E-state index contributed by atoms with van der Waals surface area (Å²) in [5, 5.41) is 3.70. The van der Waals surface area contributed by atoms with Gasteiger partial charge in [0.1, 0.15) is 0 Å². The summed E-state index contributed by atoms with van der Waals surface area (Å²) >= 11 is 12.0. The van der Waals surface area contributed by atoms with Gasteiger partial charge in [-0.05, 0) is 90.8 Å². The van der Waals surface area contributed by atoms with E-state index in [1.165, 1.54) is 40.7 Å². The van der Waals surface area contributed by atoms with Crippen molar-refractivity contribution >= 4 is 66.2 Å². The van der Waals surface area contributed by atoms with E-state index >= 15 is 0 Å². The zero-order valence-corrected chi connectivity index (χ0v) is 24.6. The Hall–Kier alpha value is -3.57. The number of benzene rings is 4. The summed E-state index contributed by atoms with van der Waals surface area (Å²) in [5.74, 6) is -0.446. The average Bonchev–Trinajstić information content (AvgIpc) is 2.90. The molecule has 0 aliphatic rings. The van der Waals surface area contributed by atoms with Gasteiger partial charge in [-0.25, -0.2) is 16.8 Å². The zero-order valence-electron chi connectivity index (χ0n) is 21.4. The Bertz CT molecular complexity index is 1740. The number of hydrogen-bond donors (Lipinski definition) is 2. The first kappa shape index (κ1) is 29.4. The Morgan fingerprint density at radius 2 is 1.45 bits per heavy atom. The number of nitrogens with zero attached hydrogens (tertiary/aromatic N) is 1. The highest BCUT2D eigenvalue weighted by molar-refractivity contribution is 7.92. The van der Waals surface area contributed by atoms with Gasteiger partial charge in [0.15, 0.2) is 0 Å². The minimum Gasteiger partial charge on any atom is -0.322 e. The molecule has 0 aliphatic heterocycles. The summed E-state index contributed by atoms with van der Waals surface area (Å²) in [6.45, 7) is 1.81. The van der Waals surface area contributed by atoms with Crippen LogP contribution in [0.2, 0.25) is 10.0 Å². The van der Waals surface area contributed by atoms with Crippen LogP contribution in [0.4, 0.5) is 17.1 Å². The Kier molecular flexibility index (Phi) is 8.74. The van der Waals surface area contributed by atoms with Gasteiger partial charge in [0.25, 0.3) is 15.9 Å². The quantitative estimate of drug-likeness (QED) is 0.228. The normalized spacial score (nSPS) is 11.6. The Balaban J connectivity index is 1.45. The molecule has 8 nitrogen and oxygen atoms in total. The van der Waals surface area contributed by atoms with Crippen LogP contribution in [0.1, 0.15) is 21.5 Å². The van der Waals surface area contributed by atoms with Crippen molar-refractivity contribution in [3.05, 3.63) is 118 Å². The van der Waals surface area contributed by atoms with Crippen molar-refractivity contribution in [2.45, 2.75) is 18.4 Å². The van der Waals surface area contributed by atoms with Gasteiger partial charge in [0.2, 0.25) is 10.0 Å². The van der Waals surface area contributed by atoms with E-state index in [2.05, 4.69) is 10.0 Å². The van der Waals surface area contributed by atoms with Crippen LogP contribution in [0.5, 0.6) is 0 Å². The number of carbonyl (C=O) groups excluding carboxylic acids is 1. The summed E-state index contributed by atoms with van der Waals surface area (Å²) in [7, 11) is -7.49. The fourth-order valence-corrected chi connectivity index (χ4v) is 6.09. The molecule has 0 heterocycles. The van der Waals surface area contributed by atoms with Crippen molar-refractivity contribution in [3.63, 3.8) is 0 Å². The van der Waals surface area contributed by atoms with E-state index in [0.717, 1.165) is 11.8 Å². The Morgan fingerprint density at radius 3 is 2.05 bits per heavy atom. The molecule has 0 aliphatic carbocycles. The molecule has 4 aromatic carbocycles. The first-order valence-electron chi connectivity index (χ1n) is 11.8. The molecule has 12 heteroatoms. The van der Waals surface area contributed by atoms with Crippen LogP contribution < -0.4 is 14.3 Å². The van der Waals surface area contributed by atoms with Crippen LogP contribution in [-0.2, 0) is 26.6 Å². The highest BCUT2D eigenvalue weighted by atomic mass is 35.5. The molecule has 0 saturated carbocycles. The van der Waals surface area contributed by atoms with Crippen LogP contribution in [-0.4, -0.2) is 29.0 Å². The average molecular weight is 619 g/mol. The number of anilines is 3. The molecule has 0 aromatic heterocycles. The Morgan fingerprint density at radius 1 is 0.825 bits per heavy atom. The highest BCUT2D eigenvalue weighted by Crippen LogP contribution is 2.26. The number of rotatable bonds is 9. The molecule has 208 valence electrons. The molecule has 0 saturated heterocycles. The molecule has 0 bridgehead atoms. The minimum atomic E-state index is -3.88. The predicted molar refractivity (Wildman–Crippen MR) is 160 cm³/mol. The van der Waals surface area contributed by atoms with Crippen molar-refractivity contribution in [2.75, 3.05) is 20.6 Å². The Labute approximate surface area is 243 Å². The summed E-state index contributed by atoms with van der Waals surface area (Å²) in [5.41, 5.74) is 2.79. The maximum absolute atomic E-state index is 12.8. The molecule has 0 unspecified atom stereocenters. The van der Waals surface area contributed by atoms with E-state index in [-0.39, 0.29) is 11.4 Å². The summed E-state index contributed by atoms with van der Waals surface area (Å²) < 4.78 is 54.3. The van der Waals surface area contributed by atoms with E-state index in [9.17, 15) is 21.6 Å². The molecule has 4 aromatic rings. The lowest BCUT2D eigenvalue weighted by atomic mass is 10.1. The molecule has 0 spiro atoms. The second-order valence-corrected chi connectivity index (χ2v) is 13.4. The van der Waals surface area contributed by atoms with Crippen LogP contribution in [0, 0.1) is 6.92 Å². The lowest BCUT2D eigenvalue weighted by molar-refractivity contribution is 0.102. The maximum atomic E-state index is 12.8. The highest BCUT2D eigenvalue weighted by Gasteiger charge is 2.19. The molecule has 0 atom stereocenters. The largest absolute Gasteiger partial charge is 0.322 e. The van der Waals surface area contributed by atoms with E-state index < -0.39 is 26.0 Å². The number of nitrogens with one attached hydrogen (secondary N) is 2. The van der Waals surface area contributed by atoms with Gasteiger partial charge in [0.05, 0.1) is 29.1 Å². The number of amides is 1. The molecule has 2 N–H and O–H groups in total. The van der Waals surface area contributed by atoms with Crippen LogP contribution in [0.3, 0.4) is 0 Å². The van der Waals surface area contributed by atoms with E-state index in [1.54, 1.807) is 61.5 Å². The number of sulfonamides is 2. The monoisotopic (exact) mass is 617 g/mol. The van der Waals surface area contributed by atoms with E-state index in [0.29, 0.717) is 38.2 Å². The third-order valence-electron chi connectivity index (χ3n) is 5.99. The van der Waals surface area contributed by atoms with Gasteiger partial charge in [0, 0.05) is 21.3 Å². The molecular formula is C28H25Cl2N3O5S2.